The van der Waals surface area contributed by atoms with Crippen molar-refractivity contribution >= 4 is 23.2 Å². The van der Waals surface area contributed by atoms with E-state index >= 15 is 0 Å². The van der Waals surface area contributed by atoms with Gasteiger partial charge >= 0.3 is 0 Å². The number of rotatable bonds is 3. The lowest BCUT2D eigenvalue weighted by Crippen LogP contribution is -2.06. The molecule has 1 unspecified atom stereocenters. The average molecular weight is 230 g/mol. The highest BCUT2D eigenvalue weighted by molar-refractivity contribution is 6.37. The second kappa shape index (κ2) is 5.09. The minimum absolute atomic E-state index is 0.178. The van der Waals surface area contributed by atoms with Gasteiger partial charge in [-0.2, -0.15) is 5.26 Å². The third-order valence-corrected chi connectivity index (χ3v) is 2.21. The molecule has 0 aliphatic heterocycles. The highest BCUT2D eigenvalue weighted by Crippen LogP contribution is 2.32. The van der Waals surface area contributed by atoms with Gasteiger partial charge in [-0.15, -0.1) is 0 Å². The van der Waals surface area contributed by atoms with Crippen molar-refractivity contribution in [2.45, 2.75) is 6.92 Å². The zero-order valence-corrected chi connectivity index (χ0v) is 9.14. The van der Waals surface area contributed by atoms with Crippen molar-refractivity contribution in [1.29, 1.82) is 5.26 Å². The van der Waals surface area contributed by atoms with E-state index in [0.29, 0.717) is 22.4 Å². The Bertz CT molecular complexity index is 339. The first-order valence-electron chi connectivity index (χ1n) is 4.11. The molecule has 14 heavy (non-hydrogen) atoms. The molecule has 0 aliphatic carbocycles. The van der Waals surface area contributed by atoms with Crippen molar-refractivity contribution < 1.29 is 4.74 Å². The van der Waals surface area contributed by atoms with Gasteiger partial charge in [-0.3, -0.25) is 0 Å². The van der Waals surface area contributed by atoms with E-state index in [9.17, 15) is 0 Å². The fraction of sp³-hybridized carbons (Fsp3) is 0.300. The quantitative estimate of drug-likeness (QED) is 0.795. The van der Waals surface area contributed by atoms with Gasteiger partial charge in [0.05, 0.1) is 22.0 Å². The van der Waals surface area contributed by atoms with Crippen LogP contribution in [0.5, 0.6) is 5.75 Å². The highest BCUT2D eigenvalue weighted by Gasteiger charge is 2.08. The number of halogens is 2. The minimum atomic E-state index is -0.178. The minimum Gasteiger partial charge on any atom is -0.489 e. The van der Waals surface area contributed by atoms with E-state index in [2.05, 4.69) is 6.07 Å². The summed E-state index contributed by atoms with van der Waals surface area (Å²) in [5, 5.41) is 9.48. The molecule has 0 amide bonds. The Labute approximate surface area is 93.0 Å². The maximum Gasteiger partial charge on any atom is 0.156 e. The lowest BCUT2D eigenvalue weighted by molar-refractivity contribution is 0.288. The van der Waals surface area contributed by atoms with Crippen LogP contribution >= 0.6 is 23.2 Å². The zero-order chi connectivity index (χ0) is 10.6. The van der Waals surface area contributed by atoms with Crippen LogP contribution < -0.4 is 4.74 Å². The summed E-state index contributed by atoms with van der Waals surface area (Å²) in [5.41, 5.74) is 0. The Morgan fingerprint density at radius 3 is 2.50 bits per heavy atom. The van der Waals surface area contributed by atoms with E-state index in [0.717, 1.165) is 0 Å². The van der Waals surface area contributed by atoms with Crippen LogP contribution in [0, 0.1) is 17.2 Å². The summed E-state index contributed by atoms with van der Waals surface area (Å²) < 4.78 is 5.33. The fourth-order valence-corrected chi connectivity index (χ4v) is 1.37. The first-order valence-corrected chi connectivity index (χ1v) is 4.87. The molecule has 0 heterocycles. The van der Waals surface area contributed by atoms with Gasteiger partial charge in [-0.05, 0) is 19.1 Å². The average Bonchev–Trinajstić information content (AvgIpc) is 2.16. The monoisotopic (exact) mass is 229 g/mol. The maximum absolute atomic E-state index is 8.56. The molecule has 1 rings (SSSR count). The van der Waals surface area contributed by atoms with Gasteiger partial charge in [0.1, 0.15) is 6.61 Å². The van der Waals surface area contributed by atoms with Crippen LogP contribution in [0.15, 0.2) is 18.2 Å². The molecule has 0 saturated heterocycles. The first-order chi connectivity index (χ1) is 6.65. The largest absolute Gasteiger partial charge is 0.489 e. The summed E-state index contributed by atoms with van der Waals surface area (Å²) in [4.78, 5) is 0. The predicted molar refractivity (Wildman–Crippen MR) is 56.7 cm³/mol. The maximum atomic E-state index is 8.56. The second-order valence-electron chi connectivity index (χ2n) is 2.89. The molecule has 0 saturated carbocycles. The Balaban J connectivity index is 2.72. The van der Waals surface area contributed by atoms with Gasteiger partial charge in [0.15, 0.2) is 5.75 Å². The molecule has 0 fully saturated rings. The molecule has 1 atom stereocenters. The number of hydrogen-bond acceptors (Lipinski definition) is 2. The Morgan fingerprint density at radius 1 is 1.43 bits per heavy atom. The van der Waals surface area contributed by atoms with E-state index in [-0.39, 0.29) is 5.92 Å². The van der Waals surface area contributed by atoms with E-state index in [4.69, 9.17) is 33.2 Å². The molecule has 0 aliphatic rings. The number of benzene rings is 1. The van der Waals surface area contributed by atoms with Crippen LogP contribution in [-0.2, 0) is 0 Å². The van der Waals surface area contributed by atoms with E-state index in [1.165, 1.54) is 0 Å². The molecule has 4 heteroatoms. The summed E-state index contributed by atoms with van der Waals surface area (Å²) in [6, 6.07) is 7.19. The van der Waals surface area contributed by atoms with Crippen LogP contribution in [0.3, 0.4) is 0 Å². The van der Waals surface area contributed by atoms with E-state index in [1.54, 1.807) is 25.1 Å². The third kappa shape index (κ3) is 2.80. The second-order valence-corrected chi connectivity index (χ2v) is 3.71. The fourth-order valence-electron chi connectivity index (χ4n) is 0.866. The van der Waals surface area contributed by atoms with Crippen molar-refractivity contribution in [3.8, 4) is 11.8 Å². The van der Waals surface area contributed by atoms with Crippen molar-refractivity contribution in [3.63, 3.8) is 0 Å². The van der Waals surface area contributed by atoms with Gasteiger partial charge < -0.3 is 4.74 Å². The number of para-hydroxylation sites is 1. The van der Waals surface area contributed by atoms with Gasteiger partial charge in [0, 0.05) is 0 Å². The molecule has 0 N–H and O–H groups in total. The molecule has 0 spiro atoms. The van der Waals surface area contributed by atoms with Gasteiger partial charge in [-0.1, -0.05) is 29.3 Å². The molecular formula is C10H9Cl2NO. The Hall–Kier alpha value is -0.910. The van der Waals surface area contributed by atoms with Crippen molar-refractivity contribution in [1.82, 2.24) is 0 Å². The van der Waals surface area contributed by atoms with Crippen molar-refractivity contribution in [2.24, 2.45) is 5.92 Å². The molecule has 74 valence electrons. The highest BCUT2D eigenvalue weighted by atomic mass is 35.5. The van der Waals surface area contributed by atoms with Gasteiger partial charge in [-0.25, -0.2) is 0 Å². The van der Waals surface area contributed by atoms with Crippen LogP contribution in [0.2, 0.25) is 10.0 Å². The lowest BCUT2D eigenvalue weighted by atomic mass is 10.2. The van der Waals surface area contributed by atoms with Gasteiger partial charge in [0.25, 0.3) is 0 Å². The summed E-state index contributed by atoms with van der Waals surface area (Å²) in [6.07, 6.45) is 0. The first kappa shape index (κ1) is 11.2. The third-order valence-electron chi connectivity index (χ3n) is 1.62. The molecule has 1 aromatic carbocycles. The smallest absolute Gasteiger partial charge is 0.156 e. The van der Waals surface area contributed by atoms with Crippen LogP contribution in [-0.4, -0.2) is 6.61 Å². The number of ether oxygens (including phenoxy) is 1. The van der Waals surface area contributed by atoms with Crippen LogP contribution in [0.25, 0.3) is 0 Å². The summed E-state index contributed by atoms with van der Waals surface area (Å²) in [5.74, 6) is 0.264. The normalized spacial score (nSPS) is 11.9. The lowest BCUT2D eigenvalue weighted by Gasteiger charge is -2.10. The van der Waals surface area contributed by atoms with Crippen molar-refractivity contribution in [3.05, 3.63) is 28.2 Å². The van der Waals surface area contributed by atoms with Crippen LogP contribution in [0.1, 0.15) is 6.92 Å². The van der Waals surface area contributed by atoms with E-state index in [1.807, 2.05) is 0 Å². The topological polar surface area (TPSA) is 33.0 Å². The SMILES string of the molecule is CC(C#N)COc1c(Cl)cccc1Cl. The Morgan fingerprint density at radius 2 is 2.00 bits per heavy atom. The standard InChI is InChI=1S/C10H9Cl2NO/c1-7(5-13)6-14-10-8(11)3-2-4-9(10)12/h2-4,7H,6H2,1H3. The predicted octanol–water partition coefficient (Wildman–Crippen LogP) is 3.53. The summed E-state index contributed by atoms with van der Waals surface area (Å²) >= 11 is 11.7. The molecule has 1 aromatic rings. The van der Waals surface area contributed by atoms with Crippen LogP contribution in [0.4, 0.5) is 0 Å². The number of nitrogens with zero attached hydrogens (tertiary/aromatic N) is 1. The zero-order valence-electron chi connectivity index (χ0n) is 7.63. The Kier molecular flexibility index (Phi) is 4.06. The summed E-state index contributed by atoms with van der Waals surface area (Å²) in [7, 11) is 0. The number of nitriles is 1. The number of hydrogen-bond donors (Lipinski definition) is 0. The molecular weight excluding hydrogens is 221 g/mol. The molecule has 0 aromatic heterocycles. The molecule has 2 nitrogen and oxygen atoms in total. The molecule has 0 bridgehead atoms. The van der Waals surface area contributed by atoms with E-state index < -0.39 is 0 Å². The van der Waals surface area contributed by atoms with Crippen molar-refractivity contribution in [2.75, 3.05) is 6.61 Å². The molecule has 0 radical (unpaired) electrons. The van der Waals surface area contributed by atoms with Gasteiger partial charge in [0.2, 0.25) is 0 Å². The summed E-state index contributed by atoms with van der Waals surface area (Å²) in [6.45, 7) is 2.06.